The summed E-state index contributed by atoms with van der Waals surface area (Å²) in [4.78, 5) is 1.31. The third-order valence-electron chi connectivity index (χ3n) is 3.31. The van der Waals surface area contributed by atoms with E-state index in [1.54, 1.807) is 0 Å². The number of thioether (sulfide) groups is 1. The molecule has 0 aliphatic heterocycles. The molecular weight excluding hydrogens is 204 g/mol. The fourth-order valence-electron chi connectivity index (χ4n) is 2.20. The Morgan fingerprint density at radius 2 is 2.13 bits per heavy atom. The van der Waals surface area contributed by atoms with Crippen molar-refractivity contribution in [1.82, 2.24) is 0 Å². The van der Waals surface area contributed by atoms with Crippen LogP contribution in [0.1, 0.15) is 26.2 Å². The van der Waals surface area contributed by atoms with Gasteiger partial charge in [0.1, 0.15) is 0 Å². The third kappa shape index (κ3) is 2.76. The molecule has 0 radical (unpaired) electrons. The number of benzene rings is 1. The molecule has 1 N–H and O–H groups in total. The smallest absolute Gasteiger partial charge is 0.0655 e. The zero-order valence-electron chi connectivity index (χ0n) is 9.15. The van der Waals surface area contributed by atoms with Crippen LogP contribution in [0.4, 0.5) is 0 Å². The highest BCUT2D eigenvalue weighted by Gasteiger charge is 2.36. The lowest BCUT2D eigenvalue weighted by Gasteiger charge is -2.25. The first-order valence-corrected chi connectivity index (χ1v) is 6.57. The third-order valence-corrected chi connectivity index (χ3v) is 4.48. The summed E-state index contributed by atoms with van der Waals surface area (Å²) in [5.74, 6) is 1.50. The van der Waals surface area contributed by atoms with Gasteiger partial charge in [-0.05, 0) is 37.8 Å². The molecule has 0 heterocycles. The lowest BCUT2D eigenvalue weighted by atomic mass is 9.95. The maximum Gasteiger partial charge on any atom is 0.0655 e. The van der Waals surface area contributed by atoms with Crippen molar-refractivity contribution < 1.29 is 5.11 Å². The van der Waals surface area contributed by atoms with E-state index in [1.165, 1.54) is 17.7 Å². The largest absolute Gasteiger partial charge is 0.390 e. The van der Waals surface area contributed by atoms with E-state index in [4.69, 9.17) is 0 Å². The summed E-state index contributed by atoms with van der Waals surface area (Å²) >= 11 is 1.86. The fourth-order valence-corrected chi connectivity index (χ4v) is 3.47. The fraction of sp³-hybridized carbons (Fsp3) is 0.538. The van der Waals surface area contributed by atoms with Gasteiger partial charge in [-0.3, -0.25) is 0 Å². The van der Waals surface area contributed by atoms with Crippen LogP contribution < -0.4 is 0 Å². The highest BCUT2D eigenvalue weighted by molar-refractivity contribution is 7.99. The molecule has 0 saturated heterocycles. The van der Waals surface area contributed by atoms with Crippen molar-refractivity contribution in [3.63, 3.8) is 0 Å². The van der Waals surface area contributed by atoms with Gasteiger partial charge in [0.05, 0.1) is 5.60 Å². The van der Waals surface area contributed by atoms with Gasteiger partial charge >= 0.3 is 0 Å². The molecular formula is C13H18OS. The van der Waals surface area contributed by atoms with E-state index in [2.05, 4.69) is 24.3 Å². The summed E-state index contributed by atoms with van der Waals surface area (Å²) in [6.45, 7) is 1.98. The lowest BCUT2D eigenvalue weighted by molar-refractivity contribution is 0.0303. The molecule has 0 aromatic heterocycles. The number of hydrogen-bond donors (Lipinski definition) is 1. The van der Waals surface area contributed by atoms with Crippen LogP contribution in [-0.2, 0) is 0 Å². The summed E-state index contributed by atoms with van der Waals surface area (Å²) in [6.07, 6.45) is 3.31. The molecule has 2 atom stereocenters. The minimum atomic E-state index is -0.429. The first-order valence-electron chi connectivity index (χ1n) is 5.59. The van der Waals surface area contributed by atoms with Gasteiger partial charge in [-0.15, -0.1) is 11.8 Å². The van der Waals surface area contributed by atoms with Crippen LogP contribution in [0.2, 0.25) is 0 Å². The van der Waals surface area contributed by atoms with Gasteiger partial charge in [0.25, 0.3) is 0 Å². The Bertz CT molecular complexity index is 308. The average molecular weight is 222 g/mol. The highest BCUT2D eigenvalue weighted by atomic mass is 32.2. The number of hydrogen-bond acceptors (Lipinski definition) is 2. The molecule has 1 aliphatic carbocycles. The van der Waals surface area contributed by atoms with Crippen LogP contribution in [0.5, 0.6) is 0 Å². The SMILES string of the molecule is C[C@]1(O)CCC[C@@H]1CSc1ccccc1. The minimum Gasteiger partial charge on any atom is -0.390 e. The molecule has 0 bridgehead atoms. The molecule has 1 aromatic rings. The van der Waals surface area contributed by atoms with E-state index in [0.29, 0.717) is 5.92 Å². The van der Waals surface area contributed by atoms with Crippen molar-refractivity contribution in [2.24, 2.45) is 5.92 Å². The second-order valence-corrected chi connectivity index (χ2v) is 5.66. The van der Waals surface area contributed by atoms with E-state index in [9.17, 15) is 5.11 Å². The average Bonchev–Trinajstić information content (AvgIpc) is 2.56. The maximum absolute atomic E-state index is 10.1. The molecule has 1 nitrogen and oxygen atoms in total. The predicted molar refractivity (Wildman–Crippen MR) is 65.1 cm³/mol. The molecule has 82 valence electrons. The van der Waals surface area contributed by atoms with Crippen LogP contribution in [0, 0.1) is 5.92 Å². The van der Waals surface area contributed by atoms with Crippen LogP contribution in [0.25, 0.3) is 0 Å². The Balaban J connectivity index is 1.89. The van der Waals surface area contributed by atoms with Crippen LogP contribution in [0.15, 0.2) is 35.2 Å². The van der Waals surface area contributed by atoms with Crippen LogP contribution in [-0.4, -0.2) is 16.5 Å². The lowest BCUT2D eigenvalue weighted by Crippen LogP contribution is -2.30. The van der Waals surface area contributed by atoms with Crippen LogP contribution >= 0.6 is 11.8 Å². The minimum absolute atomic E-state index is 0.429. The van der Waals surface area contributed by atoms with Crippen molar-refractivity contribution in [3.05, 3.63) is 30.3 Å². The molecule has 1 saturated carbocycles. The summed E-state index contributed by atoms with van der Waals surface area (Å²) in [5.41, 5.74) is -0.429. The molecule has 2 heteroatoms. The summed E-state index contributed by atoms with van der Waals surface area (Å²) in [5, 5.41) is 10.1. The van der Waals surface area contributed by atoms with Crippen molar-refractivity contribution in [1.29, 1.82) is 0 Å². The highest BCUT2D eigenvalue weighted by Crippen LogP contribution is 2.38. The van der Waals surface area contributed by atoms with Crippen molar-refractivity contribution in [2.45, 2.75) is 36.7 Å². The number of aliphatic hydroxyl groups is 1. The molecule has 0 spiro atoms. The standard InChI is InChI=1S/C13H18OS/c1-13(14)9-5-6-11(13)10-15-12-7-3-2-4-8-12/h2-4,7-8,11,14H,5-6,9-10H2,1H3/t11-,13+/m1/s1. The van der Waals surface area contributed by atoms with Crippen LogP contribution in [0.3, 0.4) is 0 Å². The summed E-state index contributed by atoms with van der Waals surface area (Å²) < 4.78 is 0. The first-order chi connectivity index (χ1) is 7.18. The van der Waals surface area contributed by atoms with Gasteiger partial charge in [0.2, 0.25) is 0 Å². The molecule has 1 fully saturated rings. The summed E-state index contributed by atoms with van der Waals surface area (Å²) in [7, 11) is 0. The van der Waals surface area contributed by atoms with Gasteiger partial charge in [0.15, 0.2) is 0 Å². The van der Waals surface area contributed by atoms with Gasteiger partial charge in [-0.1, -0.05) is 24.6 Å². The second kappa shape index (κ2) is 4.58. The Hall–Kier alpha value is -0.470. The van der Waals surface area contributed by atoms with Crippen molar-refractivity contribution >= 4 is 11.8 Å². The zero-order chi connectivity index (χ0) is 10.7. The maximum atomic E-state index is 10.1. The predicted octanol–water partition coefficient (Wildman–Crippen LogP) is 3.33. The molecule has 1 aromatic carbocycles. The van der Waals surface area contributed by atoms with Gasteiger partial charge in [-0.2, -0.15) is 0 Å². The monoisotopic (exact) mass is 222 g/mol. The zero-order valence-corrected chi connectivity index (χ0v) is 9.96. The topological polar surface area (TPSA) is 20.2 Å². The van der Waals surface area contributed by atoms with E-state index >= 15 is 0 Å². The summed E-state index contributed by atoms with van der Waals surface area (Å²) in [6, 6.07) is 10.4. The second-order valence-electron chi connectivity index (χ2n) is 4.57. The van der Waals surface area contributed by atoms with Gasteiger partial charge in [0, 0.05) is 10.6 Å². The molecule has 0 amide bonds. The van der Waals surface area contributed by atoms with Gasteiger partial charge in [-0.25, -0.2) is 0 Å². The number of rotatable bonds is 3. The van der Waals surface area contributed by atoms with E-state index in [-0.39, 0.29) is 0 Å². The first kappa shape index (κ1) is 11.0. The molecule has 2 rings (SSSR count). The van der Waals surface area contributed by atoms with E-state index in [1.807, 2.05) is 24.8 Å². The Labute approximate surface area is 95.9 Å². The molecule has 0 unspecified atom stereocenters. The normalized spacial score (nSPS) is 30.7. The molecule has 1 aliphatic rings. The van der Waals surface area contributed by atoms with Gasteiger partial charge < -0.3 is 5.11 Å². The Kier molecular flexibility index (Phi) is 3.37. The Morgan fingerprint density at radius 1 is 1.40 bits per heavy atom. The Morgan fingerprint density at radius 3 is 2.73 bits per heavy atom. The van der Waals surface area contributed by atoms with E-state index in [0.717, 1.165) is 12.2 Å². The quantitative estimate of drug-likeness (QED) is 0.792. The van der Waals surface area contributed by atoms with Crippen molar-refractivity contribution in [2.75, 3.05) is 5.75 Å². The molecule has 15 heavy (non-hydrogen) atoms. The van der Waals surface area contributed by atoms with Crippen molar-refractivity contribution in [3.8, 4) is 0 Å². The van der Waals surface area contributed by atoms with E-state index < -0.39 is 5.60 Å².